The van der Waals surface area contributed by atoms with Crippen molar-refractivity contribution in [3.05, 3.63) is 186 Å². The van der Waals surface area contributed by atoms with Crippen LogP contribution in [-0.4, -0.2) is 0 Å². The summed E-state index contributed by atoms with van der Waals surface area (Å²) in [5.41, 5.74) is 18.4. The van der Waals surface area contributed by atoms with Gasteiger partial charge < -0.3 is 4.90 Å². The molecule has 278 valence electrons. The topological polar surface area (TPSA) is 3.24 Å². The van der Waals surface area contributed by atoms with Crippen molar-refractivity contribution in [3.8, 4) is 33.4 Å². The standard InChI is InChI=1S/C56H49N/c1-55(2)50-21-13-12-20-46(50)49-34-42(27-31-51(49)55)57(54-44-19-11-10-17-38(44)24-28-45(54)41-23-22-37-16-8-9-18-39(37)32-41)43-26-30-48-47-29-25-40(36-14-6-5-7-15-36)33-52(47)56(3,4)53(48)35-43/h8-13,16-36H,5-7,14-15H2,1-4H3. The van der Waals surface area contributed by atoms with Crippen LogP contribution in [0.4, 0.5) is 17.1 Å². The van der Waals surface area contributed by atoms with E-state index >= 15 is 0 Å². The van der Waals surface area contributed by atoms with Gasteiger partial charge in [-0.15, -0.1) is 0 Å². The van der Waals surface area contributed by atoms with Gasteiger partial charge in [-0.2, -0.15) is 0 Å². The van der Waals surface area contributed by atoms with Crippen LogP contribution in [0.5, 0.6) is 0 Å². The molecular weight excluding hydrogens is 687 g/mol. The molecule has 0 saturated heterocycles. The van der Waals surface area contributed by atoms with Crippen LogP contribution >= 0.6 is 0 Å². The van der Waals surface area contributed by atoms with Gasteiger partial charge in [-0.1, -0.05) is 174 Å². The molecule has 1 saturated carbocycles. The number of fused-ring (bicyclic) bond motifs is 8. The van der Waals surface area contributed by atoms with Crippen molar-refractivity contribution in [1.29, 1.82) is 0 Å². The second-order valence-corrected chi connectivity index (χ2v) is 18.0. The Morgan fingerprint density at radius 1 is 0.421 bits per heavy atom. The van der Waals surface area contributed by atoms with E-state index in [-0.39, 0.29) is 10.8 Å². The predicted octanol–water partition coefficient (Wildman–Crippen LogP) is 15.8. The average Bonchev–Trinajstić information content (AvgIpc) is 3.62. The van der Waals surface area contributed by atoms with Crippen molar-refractivity contribution in [3.63, 3.8) is 0 Å². The van der Waals surface area contributed by atoms with E-state index in [1.165, 1.54) is 132 Å². The lowest BCUT2D eigenvalue weighted by molar-refractivity contribution is 0.443. The van der Waals surface area contributed by atoms with Crippen molar-refractivity contribution < 1.29 is 0 Å². The Kier molecular flexibility index (Phi) is 7.71. The number of nitrogens with zero attached hydrogens (tertiary/aromatic N) is 1. The molecule has 0 unspecified atom stereocenters. The highest BCUT2D eigenvalue weighted by Crippen LogP contribution is 2.55. The summed E-state index contributed by atoms with van der Waals surface area (Å²) in [6.45, 7) is 9.64. The van der Waals surface area contributed by atoms with Crippen LogP contribution in [0.1, 0.15) is 93.5 Å². The molecule has 0 amide bonds. The SMILES string of the molecule is CC1(C)c2ccccc2-c2cc(N(c3ccc4c(c3)C(C)(C)c3cc(C5CCCCC5)ccc3-4)c3c(-c4ccc5ccccc5c4)ccc4ccccc34)ccc21. The molecule has 57 heavy (non-hydrogen) atoms. The lowest BCUT2D eigenvalue weighted by Gasteiger charge is -2.32. The van der Waals surface area contributed by atoms with E-state index in [4.69, 9.17) is 0 Å². The van der Waals surface area contributed by atoms with Gasteiger partial charge in [0.15, 0.2) is 0 Å². The maximum Gasteiger partial charge on any atom is 0.0618 e. The first kappa shape index (κ1) is 34.3. The molecule has 0 spiro atoms. The number of hydrogen-bond acceptors (Lipinski definition) is 1. The second kappa shape index (κ2) is 12.8. The van der Waals surface area contributed by atoms with Crippen molar-refractivity contribution in [2.45, 2.75) is 76.5 Å². The first-order valence-corrected chi connectivity index (χ1v) is 21.1. The normalized spacial score (nSPS) is 16.3. The monoisotopic (exact) mass is 735 g/mol. The van der Waals surface area contributed by atoms with Crippen LogP contribution in [0.25, 0.3) is 54.9 Å². The van der Waals surface area contributed by atoms with Crippen LogP contribution in [0.3, 0.4) is 0 Å². The molecule has 8 aromatic carbocycles. The summed E-state index contributed by atoms with van der Waals surface area (Å²) in [6.07, 6.45) is 6.72. The zero-order chi connectivity index (χ0) is 38.5. The molecule has 3 aliphatic carbocycles. The third-order valence-electron chi connectivity index (χ3n) is 14.0. The molecule has 0 heterocycles. The minimum absolute atomic E-state index is 0.0646. The molecule has 1 heteroatoms. The van der Waals surface area contributed by atoms with Gasteiger partial charge in [-0.25, -0.2) is 0 Å². The van der Waals surface area contributed by atoms with E-state index in [1.54, 1.807) is 0 Å². The molecule has 0 aromatic heterocycles. The Morgan fingerprint density at radius 3 is 1.86 bits per heavy atom. The summed E-state index contributed by atoms with van der Waals surface area (Å²) in [7, 11) is 0. The zero-order valence-corrected chi connectivity index (χ0v) is 33.6. The summed E-state index contributed by atoms with van der Waals surface area (Å²) >= 11 is 0. The van der Waals surface area contributed by atoms with Crippen molar-refractivity contribution in [1.82, 2.24) is 0 Å². The number of benzene rings is 8. The van der Waals surface area contributed by atoms with E-state index < -0.39 is 0 Å². The van der Waals surface area contributed by atoms with Gasteiger partial charge in [0.1, 0.15) is 0 Å². The molecule has 3 aliphatic rings. The van der Waals surface area contributed by atoms with Gasteiger partial charge in [0, 0.05) is 33.2 Å². The van der Waals surface area contributed by atoms with E-state index in [9.17, 15) is 0 Å². The molecule has 0 radical (unpaired) electrons. The minimum atomic E-state index is -0.127. The summed E-state index contributed by atoms with van der Waals surface area (Å²) in [6, 6.07) is 60.3. The van der Waals surface area contributed by atoms with Crippen LogP contribution in [0.2, 0.25) is 0 Å². The van der Waals surface area contributed by atoms with Crippen LogP contribution in [-0.2, 0) is 10.8 Å². The van der Waals surface area contributed by atoms with Gasteiger partial charge >= 0.3 is 0 Å². The van der Waals surface area contributed by atoms with Crippen molar-refractivity contribution in [2.24, 2.45) is 0 Å². The Hall–Kier alpha value is -5.92. The molecule has 1 fully saturated rings. The molecule has 0 N–H and O–H groups in total. The highest BCUT2D eigenvalue weighted by Gasteiger charge is 2.38. The first-order chi connectivity index (χ1) is 27.8. The van der Waals surface area contributed by atoms with Gasteiger partial charge in [0.25, 0.3) is 0 Å². The van der Waals surface area contributed by atoms with Crippen molar-refractivity contribution >= 4 is 38.6 Å². The molecule has 0 atom stereocenters. The minimum Gasteiger partial charge on any atom is -0.309 e. The second-order valence-electron chi connectivity index (χ2n) is 18.0. The zero-order valence-electron chi connectivity index (χ0n) is 33.6. The Bertz CT molecular complexity index is 2900. The van der Waals surface area contributed by atoms with E-state index in [1.807, 2.05) is 0 Å². The Balaban J connectivity index is 1.15. The summed E-state index contributed by atoms with van der Waals surface area (Å²) in [4.78, 5) is 2.58. The number of anilines is 3. The molecule has 0 aliphatic heterocycles. The highest BCUT2D eigenvalue weighted by atomic mass is 15.1. The maximum absolute atomic E-state index is 2.58. The fourth-order valence-corrected chi connectivity index (χ4v) is 10.9. The Morgan fingerprint density at radius 2 is 1.02 bits per heavy atom. The summed E-state index contributed by atoms with van der Waals surface area (Å²) in [5.74, 6) is 0.685. The number of rotatable bonds is 5. The van der Waals surface area contributed by atoms with Gasteiger partial charge in [0.05, 0.1) is 5.69 Å². The number of hydrogen-bond donors (Lipinski definition) is 0. The van der Waals surface area contributed by atoms with E-state index in [0.29, 0.717) is 5.92 Å². The van der Waals surface area contributed by atoms with Gasteiger partial charge in [-0.3, -0.25) is 0 Å². The molecule has 11 rings (SSSR count). The highest BCUT2D eigenvalue weighted by molar-refractivity contribution is 6.07. The third-order valence-corrected chi connectivity index (χ3v) is 14.0. The third kappa shape index (κ3) is 5.28. The lowest BCUT2D eigenvalue weighted by atomic mass is 9.79. The van der Waals surface area contributed by atoms with Crippen LogP contribution in [0.15, 0.2) is 158 Å². The quantitative estimate of drug-likeness (QED) is 0.170. The van der Waals surface area contributed by atoms with Gasteiger partial charge in [0.2, 0.25) is 0 Å². The smallest absolute Gasteiger partial charge is 0.0618 e. The van der Waals surface area contributed by atoms with Gasteiger partial charge in [-0.05, 0) is 121 Å². The average molecular weight is 736 g/mol. The predicted molar refractivity (Wildman–Crippen MR) is 243 cm³/mol. The fourth-order valence-electron chi connectivity index (χ4n) is 10.9. The Labute approximate surface area is 337 Å². The van der Waals surface area contributed by atoms with Crippen LogP contribution < -0.4 is 4.90 Å². The molecule has 0 bridgehead atoms. The first-order valence-electron chi connectivity index (χ1n) is 21.1. The van der Waals surface area contributed by atoms with E-state index in [2.05, 4.69) is 190 Å². The lowest BCUT2D eigenvalue weighted by Crippen LogP contribution is -2.18. The fraction of sp³-hybridized carbons (Fsp3) is 0.214. The van der Waals surface area contributed by atoms with Crippen molar-refractivity contribution in [2.75, 3.05) is 4.90 Å². The molecule has 1 nitrogen and oxygen atoms in total. The summed E-state index contributed by atoms with van der Waals surface area (Å²) in [5, 5.41) is 4.98. The van der Waals surface area contributed by atoms with E-state index in [0.717, 1.165) is 0 Å². The molecule has 8 aromatic rings. The largest absolute Gasteiger partial charge is 0.309 e. The van der Waals surface area contributed by atoms with Crippen LogP contribution in [0, 0.1) is 0 Å². The maximum atomic E-state index is 2.58. The molecular formula is C56H49N. The summed E-state index contributed by atoms with van der Waals surface area (Å²) < 4.78 is 0.